The molecule has 18 heavy (non-hydrogen) atoms. The molecule has 3 heteroatoms. The molecule has 0 bridgehead atoms. The molecule has 0 aliphatic carbocycles. The van der Waals surface area contributed by atoms with E-state index in [9.17, 15) is 4.79 Å². The number of ether oxygens (including phenoxy) is 1. The van der Waals surface area contributed by atoms with Crippen LogP contribution in [0.3, 0.4) is 0 Å². The smallest absolute Gasteiger partial charge is 0.153 e. The average Bonchev–Trinajstić information content (AvgIpc) is 2.38. The molecule has 0 aromatic heterocycles. The van der Waals surface area contributed by atoms with Crippen molar-refractivity contribution in [1.29, 1.82) is 0 Å². The molecule has 0 radical (unpaired) electrons. The van der Waals surface area contributed by atoms with Gasteiger partial charge in [0.25, 0.3) is 0 Å². The van der Waals surface area contributed by atoms with Gasteiger partial charge in [0.2, 0.25) is 0 Å². The molecule has 0 heterocycles. The monoisotopic (exact) mass is 249 g/mol. The van der Waals surface area contributed by atoms with Gasteiger partial charge in [0.05, 0.1) is 5.56 Å². The molecular weight excluding hydrogens is 226 g/mol. The van der Waals surface area contributed by atoms with Gasteiger partial charge in [-0.15, -0.1) is 0 Å². The topological polar surface area (TPSA) is 29.5 Å². The van der Waals surface area contributed by atoms with Crippen LogP contribution in [0.4, 0.5) is 0 Å². The minimum Gasteiger partial charge on any atom is -0.491 e. The van der Waals surface area contributed by atoms with Crippen molar-refractivity contribution in [3.05, 3.63) is 29.3 Å². The number of hydrogen-bond donors (Lipinski definition) is 0. The summed E-state index contributed by atoms with van der Waals surface area (Å²) in [5.74, 6) is 1.13. The Bertz CT molecular complexity index is 388. The van der Waals surface area contributed by atoms with Gasteiger partial charge in [0.15, 0.2) is 6.29 Å². The highest BCUT2D eigenvalue weighted by molar-refractivity contribution is 5.79. The molecule has 100 valence electrons. The molecule has 0 spiro atoms. The van der Waals surface area contributed by atoms with Crippen LogP contribution in [0.2, 0.25) is 0 Å². The molecule has 0 aliphatic heterocycles. The van der Waals surface area contributed by atoms with E-state index in [4.69, 9.17) is 4.74 Å². The van der Waals surface area contributed by atoms with E-state index in [0.29, 0.717) is 23.8 Å². The zero-order chi connectivity index (χ0) is 13.5. The van der Waals surface area contributed by atoms with Crippen LogP contribution in [0, 0.1) is 0 Å². The fraction of sp³-hybridized carbons (Fsp3) is 0.533. The number of aldehydes is 1. The highest BCUT2D eigenvalue weighted by atomic mass is 16.5. The van der Waals surface area contributed by atoms with Crippen molar-refractivity contribution in [2.45, 2.75) is 26.7 Å². The summed E-state index contributed by atoms with van der Waals surface area (Å²) in [6, 6.07) is 5.79. The lowest BCUT2D eigenvalue weighted by atomic mass is 10.0. The van der Waals surface area contributed by atoms with Gasteiger partial charge in [-0.1, -0.05) is 26.8 Å². The quantitative estimate of drug-likeness (QED) is 0.696. The second-order valence-electron chi connectivity index (χ2n) is 4.81. The maximum atomic E-state index is 11.0. The van der Waals surface area contributed by atoms with Crippen LogP contribution in [0.1, 0.15) is 42.6 Å². The molecule has 0 N–H and O–H groups in total. The first-order valence-electron chi connectivity index (χ1n) is 6.49. The highest BCUT2D eigenvalue weighted by Crippen LogP contribution is 2.23. The third kappa shape index (κ3) is 4.15. The van der Waals surface area contributed by atoms with Crippen molar-refractivity contribution in [3.63, 3.8) is 0 Å². The molecule has 1 aromatic carbocycles. The molecule has 0 saturated heterocycles. The molecule has 0 amide bonds. The largest absolute Gasteiger partial charge is 0.491 e. The van der Waals surface area contributed by atoms with E-state index in [-0.39, 0.29) is 0 Å². The zero-order valence-electron chi connectivity index (χ0n) is 11.8. The molecule has 0 atom stereocenters. The van der Waals surface area contributed by atoms with Crippen molar-refractivity contribution < 1.29 is 9.53 Å². The Kier molecular flexibility index (Phi) is 5.86. The summed E-state index contributed by atoms with van der Waals surface area (Å²) in [7, 11) is 2.05. The summed E-state index contributed by atoms with van der Waals surface area (Å²) in [6.07, 6.45) is 0.850. The van der Waals surface area contributed by atoms with E-state index in [2.05, 4.69) is 32.7 Å². The first kappa shape index (κ1) is 14.7. The number of rotatable bonds is 7. The van der Waals surface area contributed by atoms with Crippen LogP contribution in [0.15, 0.2) is 18.2 Å². The van der Waals surface area contributed by atoms with Crippen molar-refractivity contribution in [2.24, 2.45) is 0 Å². The van der Waals surface area contributed by atoms with Crippen molar-refractivity contribution in [1.82, 2.24) is 4.90 Å². The average molecular weight is 249 g/mol. The summed E-state index contributed by atoms with van der Waals surface area (Å²) in [5.41, 5.74) is 1.82. The van der Waals surface area contributed by atoms with Crippen LogP contribution < -0.4 is 4.74 Å². The SMILES string of the molecule is CCN(C)CCOc1cc(C(C)C)ccc1C=O. The van der Waals surface area contributed by atoms with Gasteiger partial charge in [-0.2, -0.15) is 0 Å². The molecule has 1 rings (SSSR count). The first-order chi connectivity index (χ1) is 8.58. The second-order valence-corrected chi connectivity index (χ2v) is 4.81. The fourth-order valence-corrected chi connectivity index (χ4v) is 1.60. The molecule has 0 aliphatic rings. The lowest BCUT2D eigenvalue weighted by Crippen LogP contribution is -2.23. The van der Waals surface area contributed by atoms with Gasteiger partial charge in [0, 0.05) is 6.54 Å². The number of carbonyl (C=O) groups is 1. The highest BCUT2D eigenvalue weighted by Gasteiger charge is 2.07. The second kappa shape index (κ2) is 7.17. The Balaban J connectivity index is 2.72. The summed E-state index contributed by atoms with van der Waals surface area (Å²) < 4.78 is 5.72. The molecule has 3 nitrogen and oxygen atoms in total. The summed E-state index contributed by atoms with van der Waals surface area (Å²) >= 11 is 0. The number of likely N-dealkylation sites (N-methyl/N-ethyl adjacent to an activating group) is 1. The number of carbonyl (C=O) groups excluding carboxylic acids is 1. The fourth-order valence-electron chi connectivity index (χ4n) is 1.60. The maximum absolute atomic E-state index is 11.0. The zero-order valence-corrected chi connectivity index (χ0v) is 11.8. The third-order valence-corrected chi connectivity index (χ3v) is 3.10. The predicted molar refractivity (Wildman–Crippen MR) is 74.6 cm³/mol. The standard InChI is InChI=1S/C15H23NO2/c1-5-16(4)8-9-18-15-10-13(12(2)3)6-7-14(15)11-17/h6-7,10-12H,5,8-9H2,1-4H3. The van der Waals surface area contributed by atoms with Crippen LogP contribution >= 0.6 is 0 Å². The van der Waals surface area contributed by atoms with Crippen LogP contribution in [-0.2, 0) is 0 Å². The van der Waals surface area contributed by atoms with E-state index < -0.39 is 0 Å². The van der Waals surface area contributed by atoms with Gasteiger partial charge in [-0.05, 0) is 37.2 Å². The molecule has 1 aromatic rings. The Morgan fingerprint density at radius 3 is 2.67 bits per heavy atom. The first-order valence-corrected chi connectivity index (χ1v) is 6.49. The normalized spacial score (nSPS) is 11.0. The minimum atomic E-state index is 0.436. The summed E-state index contributed by atoms with van der Waals surface area (Å²) in [5, 5.41) is 0. The Labute approximate surface area is 110 Å². The molecule has 0 unspecified atom stereocenters. The van der Waals surface area contributed by atoms with Gasteiger partial charge >= 0.3 is 0 Å². The lowest BCUT2D eigenvalue weighted by molar-refractivity contribution is 0.111. The number of hydrogen-bond acceptors (Lipinski definition) is 3. The number of benzene rings is 1. The van der Waals surface area contributed by atoms with Gasteiger partial charge < -0.3 is 9.64 Å². The van der Waals surface area contributed by atoms with Crippen molar-refractivity contribution in [3.8, 4) is 5.75 Å². The van der Waals surface area contributed by atoms with E-state index in [1.54, 1.807) is 0 Å². The predicted octanol–water partition coefficient (Wildman–Crippen LogP) is 2.95. The third-order valence-electron chi connectivity index (χ3n) is 3.10. The van der Waals surface area contributed by atoms with Crippen molar-refractivity contribution in [2.75, 3.05) is 26.7 Å². The van der Waals surface area contributed by atoms with Crippen LogP contribution in [0.5, 0.6) is 5.75 Å². The van der Waals surface area contributed by atoms with E-state index in [0.717, 1.165) is 19.4 Å². The van der Waals surface area contributed by atoms with Gasteiger partial charge in [-0.25, -0.2) is 0 Å². The minimum absolute atomic E-state index is 0.436. The summed E-state index contributed by atoms with van der Waals surface area (Å²) in [6.45, 7) is 8.83. The lowest BCUT2D eigenvalue weighted by Gasteiger charge is -2.16. The molecular formula is C15H23NO2. The number of nitrogens with zero attached hydrogens (tertiary/aromatic N) is 1. The Morgan fingerprint density at radius 1 is 1.39 bits per heavy atom. The van der Waals surface area contributed by atoms with Crippen LogP contribution in [-0.4, -0.2) is 37.9 Å². The Hall–Kier alpha value is -1.35. The molecule has 0 saturated carbocycles. The summed E-state index contributed by atoms with van der Waals surface area (Å²) in [4.78, 5) is 13.1. The Morgan fingerprint density at radius 2 is 2.11 bits per heavy atom. The van der Waals surface area contributed by atoms with Crippen molar-refractivity contribution >= 4 is 6.29 Å². The van der Waals surface area contributed by atoms with E-state index in [1.165, 1.54) is 5.56 Å². The van der Waals surface area contributed by atoms with Gasteiger partial charge in [-0.3, -0.25) is 4.79 Å². The van der Waals surface area contributed by atoms with Gasteiger partial charge in [0.1, 0.15) is 12.4 Å². The van der Waals surface area contributed by atoms with E-state index >= 15 is 0 Å². The molecule has 0 fully saturated rings. The van der Waals surface area contributed by atoms with Crippen LogP contribution in [0.25, 0.3) is 0 Å². The van der Waals surface area contributed by atoms with E-state index in [1.807, 2.05) is 18.2 Å². The maximum Gasteiger partial charge on any atom is 0.153 e.